The van der Waals surface area contributed by atoms with Crippen molar-refractivity contribution in [2.24, 2.45) is 22.7 Å². The second-order valence-corrected chi connectivity index (χ2v) is 10.6. The van der Waals surface area contributed by atoms with Gasteiger partial charge in [0.1, 0.15) is 35.5 Å². The molecule has 1 aromatic rings. The maximum atomic E-state index is 13.2. The predicted octanol–water partition coefficient (Wildman–Crippen LogP) is 4.48. The van der Waals surface area contributed by atoms with Crippen molar-refractivity contribution in [3.63, 3.8) is 0 Å². The normalized spacial score (nSPS) is 22.1. The Labute approximate surface area is 184 Å². The van der Waals surface area contributed by atoms with Crippen LogP contribution >= 0.6 is 0 Å². The molecule has 5 nitrogen and oxygen atoms in total. The lowest BCUT2D eigenvalue weighted by atomic mass is 9.59. The number of ether oxygens (including phenoxy) is 1. The molecule has 31 heavy (non-hydrogen) atoms. The fraction of sp³-hybridized carbons (Fsp3) is 0.538. The molecule has 3 rings (SSSR count). The second-order valence-electron chi connectivity index (χ2n) is 10.6. The van der Waals surface area contributed by atoms with Crippen molar-refractivity contribution < 1.29 is 23.9 Å². The van der Waals surface area contributed by atoms with Crippen molar-refractivity contribution in [3.8, 4) is 5.75 Å². The van der Waals surface area contributed by atoms with E-state index in [2.05, 4.69) is 6.58 Å². The SMILES string of the molecule is C=CCOc1cccc(C(C2C(=O)CC(C)(C)CC2=O)C2C(=O)CC(C)(C)CC2=O)c1. The zero-order valence-corrected chi connectivity index (χ0v) is 18.9. The maximum Gasteiger partial charge on any atom is 0.144 e. The number of hydrogen-bond donors (Lipinski definition) is 0. The first kappa shape index (κ1) is 23.1. The van der Waals surface area contributed by atoms with Gasteiger partial charge in [-0.15, -0.1) is 0 Å². The zero-order chi connectivity index (χ0) is 23.0. The number of ketones is 4. The quantitative estimate of drug-likeness (QED) is 0.497. The van der Waals surface area contributed by atoms with Crippen LogP contribution in [-0.2, 0) is 19.2 Å². The highest BCUT2D eigenvalue weighted by molar-refractivity contribution is 6.11. The van der Waals surface area contributed by atoms with Gasteiger partial charge in [0.25, 0.3) is 0 Å². The monoisotopic (exact) mass is 424 g/mol. The molecule has 0 aliphatic heterocycles. The summed E-state index contributed by atoms with van der Waals surface area (Å²) in [7, 11) is 0. The summed E-state index contributed by atoms with van der Waals surface area (Å²) in [5.74, 6) is -2.95. The van der Waals surface area contributed by atoms with E-state index in [4.69, 9.17) is 4.74 Å². The van der Waals surface area contributed by atoms with Crippen LogP contribution in [0.1, 0.15) is 64.9 Å². The number of carbonyl (C=O) groups is 4. The van der Waals surface area contributed by atoms with E-state index in [1.165, 1.54) is 0 Å². The molecule has 0 heterocycles. The van der Waals surface area contributed by atoms with Gasteiger partial charge < -0.3 is 4.74 Å². The highest BCUT2D eigenvalue weighted by Gasteiger charge is 2.52. The van der Waals surface area contributed by atoms with Crippen LogP contribution in [0.3, 0.4) is 0 Å². The molecular formula is C26H32O5. The van der Waals surface area contributed by atoms with E-state index in [1.807, 2.05) is 27.7 Å². The van der Waals surface area contributed by atoms with Gasteiger partial charge in [-0.2, -0.15) is 0 Å². The molecule has 2 aliphatic rings. The summed E-state index contributed by atoms with van der Waals surface area (Å²) in [5, 5.41) is 0. The zero-order valence-electron chi connectivity index (χ0n) is 18.9. The topological polar surface area (TPSA) is 77.5 Å². The summed E-state index contributed by atoms with van der Waals surface area (Å²) in [4.78, 5) is 52.7. The average Bonchev–Trinajstić information content (AvgIpc) is 2.62. The minimum atomic E-state index is -0.984. The summed E-state index contributed by atoms with van der Waals surface area (Å²) >= 11 is 0. The van der Waals surface area contributed by atoms with Gasteiger partial charge >= 0.3 is 0 Å². The molecular weight excluding hydrogens is 392 g/mol. The predicted molar refractivity (Wildman–Crippen MR) is 118 cm³/mol. The van der Waals surface area contributed by atoms with Crippen LogP contribution in [0.5, 0.6) is 5.75 Å². The van der Waals surface area contributed by atoms with E-state index in [-0.39, 0.29) is 48.8 Å². The molecule has 166 valence electrons. The molecule has 0 N–H and O–H groups in total. The summed E-state index contributed by atoms with van der Waals surface area (Å²) in [6, 6.07) is 7.07. The number of benzene rings is 1. The number of hydrogen-bond acceptors (Lipinski definition) is 5. The Morgan fingerprint density at radius 2 is 1.35 bits per heavy atom. The van der Waals surface area contributed by atoms with E-state index < -0.39 is 28.6 Å². The lowest BCUT2D eigenvalue weighted by molar-refractivity contribution is -0.145. The molecule has 2 aliphatic carbocycles. The Balaban J connectivity index is 2.08. The van der Waals surface area contributed by atoms with Crippen LogP contribution in [0.2, 0.25) is 0 Å². The van der Waals surface area contributed by atoms with Gasteiger partial charge in [-0.1, -0.05) is 52.5 Å². The Hall–Kier alpha value is -2.56. The Morgan fingerprint density at radius 3 is 1.77 bits per heavy atom. The first-order valence-electron chi connectivity index (χ1n) is 10.9. The number of carbonyl (C=O) groups excluding carboxylic acids is 4. The molecule has 0 radical (unpaired) electrons. The van der Waals surface area contributed by atoms with Gasteiger partial charge in [0.05, 0.1) is 11.8 Å². The molecule has 2 fully saturated rings. The first-order valence-corrected chi connectivity index (χ1v) is 10.9. The summed E-state index contributed by atoms with van der Waals surface area (Å²) in [6.07, 6.45) is 2.65. The Bertz CT molecular complexity index is 835. The van der Waals surface area contributed by atoms with Crippen LogP contribution in [0, 0.1) is 22.7 Å². The molecule has 0 atom stereocenters. The third-order valence-corrected chi connectivity index (χ3v) is 6.33. The van der Waals surface area contributed by atoms with E-state index in [0.29, 0.717) is 17.9 Å². The minimum absolute atomic E-state index is 0.186. The van der Waals surface area contributed by atoms with Crippen molar-refractivity contribution in [2.45, 2.75) is 59.3 Å². The Kier molecular flexibility index (Phi) is 6.35. The van der Waals surface area contributed by atoms with Gasteiger partial charge in [0, 0.05) is 31.6 Å². The fourth-order valence-electron chi connectivity index (χ4n) is 5.16. The molecule has 0 aromatic heterocycles. The summed E-state index contributed by atoms with van der Waals surface area (Å²) in [5.41, 5.74) is -0.196. The maximum absolute atomic E-state index is 13.2. The van der Waals surface area contributed by atoms with Crippen LogP contribution in [0.4, 0.5) is 0 Å². The highest BCUT2D eigenvalue weighted by Crippen LogP contribution is 2.47. The lowest BCUT2D eigenvalue weighted by Gasteiger charge is -2.41. The van der Waals surface area contributed by atoms with Crippen LogP contribution in [0.15, 0.2) is 36.9 Å². The molecule has 0 bridgehead atoms. The van der Waals surface area contributed by atoms with Crippen molar-refractivity contribution in [1.29, 1.82) is 0 Å². The third-order valence-electron chi connectivity index (χ3n) is 6.33. The van der Waals surface area contributed by atoms with Gasteiger partial charge in [0.2, 0.25) is 0 Å². The Morgan fingerprint density at radius 1 is 0.903 bits per heavy atom. The van der Waals surface area contributed by atoms with Crippen molar-refractivity contribution in [1.82, 2.24) is 0 Å². The summed E-state index contributed by atoms with van der Waals surface area (Å²) in [6.45, 7) is 11.5. The van der Waals surface area contributed by atoms with Gasteiger partial charge in [0.15, 0.2) is 0 Å². The van der Waals surface area contributed by atoms with Crippen molar-refractivity contribution in [3.05, 3.63) is 42.5 Å². The van der Waals surface area contributed by atoms with Gasteiger partial charge in [-0.05, 0) is 28.5 Å². The minimum Gasteiger partial charge on any atom is -0.490 e. The van der Waals surface area contributed by atoms with Crippen LogP contribution < -0.4 is 4.74 Å². The molecule has 0 amide bonds. The highest BCUT2D eigenvalue weighted by atomic mass is 16.5. The van der Waals surface area contributed by atoms with Crippen LogP contribution in [0.25, 0.3) is 0 Å². The van der Waals surface area contributed by atoms with E-state index in [9.17, 15) is 19.2 Å². The molecule has 0 unspecified atom stereocenters. The molecule has 5 heteroatoms. The van der Waals surface area contributed by atoms with Gasteiger partial charge in [-0.3, -0.25) is 19.2 Å². The van der Waals surface area contributed by atoms with Gasteiger partial charge in [-0.25, -0.2) is 0 Å². The molecule has 0 saturated heterocycles. The standard InChI is InChI=1S/C26H32O5/c1-6-10-31-17-9-7-8-16(11-17)22(23-18(27)12-25(2,3)13-19(23)28)24-20(29)14-26(4,5)15-21(24)30/h6-9,11,22-24H,1,10,12-15H2,2-5H3. The van der Waals surface area contributed by atoms with Crippen molar-refractivity contribution in [2.75, 3.05) is 6.61 Å². The van der Waals surface area contributed by atoms with Crippen LogP contribution in [-0.4, -0.2) is 29.7 Å². The lowest BCUT2D eigenvalue weighted by Crippen LogP contribution is -2.48. The fourth-order valence-corrected chi connectivity index (χ4v) is 5.16. The summed E-state index contributed by atoms with van der Waals surface area (Å²) < 4.78 is 5.64. The smallest absolute Gasteiger partial charge is 0.144 e. The van der Waals surface area contributed by atoms with E-state index in [0.717, 1.165) is 0 Å². The second kappa shape index (κ2) is 8.52. The van der Waals surface area contributed by atoms with Crippen molar-refractivity contribution >= 4 is 23.1 Å². The molecule has 2 saturated carbocycles. The molecule has 0 spiro atoms. The van der Waals surface area contributed by atoms with E-state index in [1.54, 1.807) is 30.3 Å². The average molecular weight is 425 g/mol. The number of rotatable bonds is 6. The molecule has 1 aromatic carbocycles. The number of Topliss-reactive ketones (excluding diaryl/α,β-unsaturated/α-hetero) is 4. The van der Waals surface area contributed by atoms with E-state index >= 15 is 0 Å². The first-order chi connectivity index (χ1) is 14.4. The third kappa shape index (κ3) is 5.03. The largest absolute Gasteiger partial charge is 0.490 e.